The molecular formula is C23H32N4O2. The number of aryl methyl sites for hydroxylation is 2. The number of piperidine rings is 1. The van der Waals surface area contributed by atoms with Crippen molar-refractivity contribution in [1.82, 2.24) is 19.6 Å². The highest BCUT2D eigenvalue weighted by Crippen LogP contribution is 2.23. The molecule has 2 aromatic rings. The van der Waals surface area contributed by atoms with Gasteiger partial charge in [0, 0.05) is 46.3 Å². The van der Waals surface area contributed by atoms with Crippen LogP contribution in [0, 0.1) is 5.92 Å². The number of hydrogen-bond acceptors (Lipinski definition) is 3. The number of aromatic nitrogens is 2. The molecule has 6 heteroatoms. The number of rotatable bonds is 7. The van der Waals surface area contributed by atoms with E-state index in [1.165, 1.54) is 11.1 Å². The van der Waals surface area contributed by atoms with Crippen molar-refractivity contribution in [2.45, 2.75) is 45.6 Å². The third kappa shape index (κ3) is 5.68. The van der Waals surface area contributed by atoms with E-state index in [0.717, 1.165) is 45.3 Å². The lowest BCUT2D eigenvalue weighted by Crippen LogP contribution is -2.39. The van der Waals surface area contributed by atoms with Crippen molar-refractivity contribution in [3.8, 4) is 0 Å². The molecule has 0 radical (unpaired) electrons. The van der Waals surface area contributed by atoms with Crippen LogP contribution < -0.4 is 0 Å². The SMILES string of the molecule is CCn1ccc(C(=O)N2CCC(Cc3ccc(CCC(=O)N(C)C)cc3)CC2)n1. The quantitative estimate of drug-likeness (QED) is 0.723. The summed E-state index contributed by atoms with van der Waals surface area (Å²) in [4.78, 5) is 27.9. The Morgan fingerprint density at radius 3 is 2.31 bits per heavy atom. The smallest absolute Gasteiger partial charge is 0.274 e. The third-order valence-corrected chi connectivity index (χ3v) is 5.76. The van der Waals surface area contributed by atoms with Crippen LogP contribution in [-0.2, 0) is 24.2 Å². The van der Waals surface area contributed by atoms with E-state index in [1.54, 1.807) is 23.7 Å². The molecule has 0 N–H and O–H groups in total. The molecule has 1 aromatic heterocycles. The molecule has 1 aromatic carbocycles. The van der Waals surface area contributed by atoms with E-state index < -0.39 is 0 Å². The first kappa shape index (κ1) is 21.1. The fourth-order valence-electron chi connectivity index (χ4n) is 3.80. The number of likely N-dealkylation sites (tertiary alicyclic amines) is 1. The van der Waals surface area contributed by atoms with Gasteiger partial charge in [0.05, 0.1) is 0 Å². The highest BCUT2D eigenvalue weighted by molar-refractivity contribution is 5.92. The summed E-state index contributed by atoms with van der Waals surface area (Å²) in [5, 5.41) is 4.34. The Balaban J connectivity index is 1.45. The van der Waals surface area contributed by atoms with Gasteiger partial charge >= 0.3 is 0 Å². The van der Waals surface area contributed by atoms with Gasteiger partial charge in [0.1, 0.15) is 5.69 Å². The van der Waals surface area contributed by atoms with E-state index in [0.29, 0.717) is 18.0 Å². The minimum atomic E-state index is 0.0484. The molecule has 0 aliphatic carbocycles. The van der Waals surface area contributed by atoms with E-state index in [-0.39, 0.29) is 11.8 Å². The van der Waals surface area contributed by atoms with Gasteiger partial charge in [0.2, 0.25) is 5.91 Å². The van der Waals surface area contributed by atoms with E-state index in [9.17, 15) is 9.59 Å². The van der Waals surface area contributed by atoms with Crippen molar-refractivity contribution in [2.24, 2.45) is 5.92 Å². The first-order valence-corrected chi connectivity index (χ1v) is 10.6. The molecule has 1 fully saturated rings. The van der Waals surface area contributed by atoms with Crippen LogP contribution in [0.5, 0.6) is 0 Å². The zero-order valence-corrected chi connectivity index (χ0v) is 17.8. The summed E-state index contributed by atoms with van der Waals surface area (Å²) in [6.07, 6.45) is 6.29. The Hall–Kier alpha value is -2.63. The molecule has 0 spiro atoms. The predicted molar refractivity (Wildman–Crippen MR) is 114 cm³/mol. The second-order valence-corrected chi connectivity index (χ2v) is 8.10. The summed E-state index contributed by atoms with van der Waals surface area (Å²) in [7, 11) is 3.59. The molecule has 3 rings (SSSR count). The Morgan fingerprint density at radius 2 is 1.72 bits per heavy atom. The van der Waals surface area contributed by atoms with Crippen molar-refractivity contribution >= 4 is 11.8 Å². The summed E-state index contributed by atoms with van der Waals surface area (Å²) >= 11 is 0. The zero-order chi connectivity index (χ0) is 20.8. The van der Waals surface area contributed by atoms with Crippen molar-refractivity contribution in [3.05, 3.63) is 53.3 Å². The summed E-state index contributed by atoms with van der Waals surface area (Å²) in [6.45, 7) is 4.39. The van der Waals surface area contributed by atoms with Crippen LogP contribution in [-0.4, -0.2) is 58.6 Å². The Labute approximate surface area is 173 Å². The lowest BCUT2D eigenvalue weighted by atomic mass is 9.89. The second-order valence-electron chi connectivity index (χ2n) is 8.10. The number of benzene rings is 1. The van der Waals surface area contributed by atoms with Crippen LogP contribution in [0.25, 0.3) is 0 Å². The normalized spacial score (nSPS) is 14.8. The topological polar surface area (TPSA) is 58.4 Å². The average Bonchev–Trinajstić information content (AvgIpc) is 3.22. The highest BCUT2D eigenvalue weighted by atomic mass is 16.2. The summed E-state index contributed by atoms with van der Waals surface area (Å²) in [5.41, 5.74) is 3.09. The van der Waals surface area contributed by atoms with Gasteiger partial charge in [-0.25, -0.2) is 0 Å². The lowest BCUT2D eigenvalue weighted by molar-refractivity contribution is -0.128. The summed E-state index contributed by atoms with van der Waals surface area (Å²) in [5.74, 6) is 0.817. The van der Waals surface area contributed by atoms with Crippen LogP contribution >= 0.6 is 0 Å². The zero-order valence-electron chi connectivity index (χ0n) is 17.8. The minimum absolute atomic E-state index is 0.0484. The van der Waals surface area contributed by atoms with E-state index in [4.69, 9.17) is 0 Å². The molecule has 0 bridgehead atoms. The number of nitrogens with zero attached hydrogens (tertiary/aromatic N) is 4. The lowest BCUT2D eigenvalue weighted by Gasteiger charge is -2.31. The van der Waals surface area contributed by atoms with Gasteiger partial charge in [0.15, 0.2) is 0 Å². The van der Waals surface area contributed by atoms with Gasteiger partial charge in [-0.2, -0.15) is 5.10 Å². The number of carbonyl (C=O) groups is 2. The molecule has 2 amide bonds. The molecule has 1 aliphatic heterocycles. The predicted octanol–water partition coefficient (Wildman–Crippen LogP) is 3.02. The second kappa shape index (κ2) is 9.72. The van der Waals surface area contributed by atoms with Crippen LogP contribution in [0.2, 0.25) is 0 Å². The molecule has 2 heterocycles. The standard InChI is InChI=1S/C23H32N4O2/c1-4-27-16-13-21(24-27)23(29)26-14-11-20(12-15-26)17-19-7-5-18(6-8-19)9-10-22(28)25(2)3/h5-8,13,16,20H,4,9-12,14-15,17H2,1-3H3. The van der Waals surface area contributed by atoms with Crippen LogP contribution in [0.1, 0.15) is 47.8 Å². The Bertz CT molecular complexity index is 818. The number of amides is 2. The molecule has 0 unspecified atom stereocenters. The third-order valence-electron chi connectivity index (χ3n) is 5.76. The van der Waals surface area contributed by atoms with Crippen molar-refractivity contribution in [1.29, 1.82) is 0 Å². The van der Waals surface area contributed by atoms with Crippen molar-refractivity contribution in [3.63, 3.8) is 0 Å². The largest absolute Gasteiger partial charge is 0.349 e. The van der Waals surface area contributed by atoms with Crippen molar-refractivity contribution < 1.29 is 9.59 Å². The fraction of sp³-hybridized carbons (Fsp3) is 0.522. The average molecular weight is 397 g/mol. The summed E-state index contributed by atoms with van der Waals surface area (Å²) in [6, 6.07) is 10.5. The maximum Gasteiger partial charge on any atom is 0.274 e. The molecule has 29 heavy (non-hydrogen) atoms. The molecule has 156 valence electrons. The van der Waals surface area contributed by atoms with E-state index in [2.05, 4.69) is 29.4 Å². The highest BCUT2D eigenvalue weighted by Gasteiger charge is 2.25. The molecule has 6 nitrogen and oxygen atoms in total. The molecule has 0 saturated carbocycles. The van der Waals surface area contributed by atoms with E-state index in [1.807, 2.05) is 24.1 Å². The monoisotopic (exact) mass is 396 g/mol. The minimum Gasteiger partial charge on any atom is -0.349 e. The van der Waals surface area contributed by atoms with Crippen LogP contribution in [0.3, 0.4) is 0 Å². The molecule has 1 aliphatic rings. The Morgan fingerprint density at radius 1 is 1.07 bits per heavy atom. The first-order valence-electron chi connectivity index (χ1n) is 10.6. The van der Waals surface area contributed by atoms with E-state index >= 15 is 0 Å². The molecular weight excluding hydrogens is 364 g/mol. The van der Waals surface area contributed by atoms with Gasteiger partial charge in [-0.15, -0.1) is 0 Å². The van der Waals surface area contributed by atoms with Gasteiger partial charge in [-0.3, -0.25) is 14.3 Å². The van der Waals surface area contributed by atoms with Crippen LogP contribution in [0.15, 0.2) is 36.5 Å². The van der Waals surface area contributed by atoms with Gasteiger partial charge < -0.3 is 9.80 Å². The first-order chi connectivity index (χ1) is 14.0. The van der Waals surface area contributed by atoms with Gasteiger partial charge in [-0.05, 0) is 55.7 Å². The van der Waals surface area contributed by atoms with Crippen LogP contribution in [0.4, 0.5) is 0 Å². The number of hydrogen-bond donors (Lipinski definition) is 0. The Kier molecular flexibility index (Phi) is 7.07. The van der Waals surface area contributed by atoms with Crippen molar-refractivity contribution in [2.75, 3.05) is 27.2 Å². The molecule has 1 saturated heterocycles. The summed E-state index contributed by atoms with van der Waals surface area (Å²) < 4.78 is 1.79. The number of carbonyl (C=O) groups excluding carboxylic acids is 2. The fourth-order valence-corrected chi connectivity index (χ4v) is 3.80. The maximum atomic E-state index is 12.6. The maximum absolute atomic E-state index is 12.6. The van der Waals surface area contributed by atoms with Gasteiger partial charge in [-0.1, -0.05) is 24.3 Å². The van der Waals surface area contributed by atoms with Gasteiger partial charge in [0.25, 0.3) is 5.91 Å². The molecule has 0 atom stereocenters.